The molecule has 0 amide bonds. The predicted octanol–water partition coefficient (Wildman–Crippen LogP) is 3.52. The van der Waals surface area contributed by atoms with Gasteiger partial charge in [-0.1, -0.05) is 45.0 Å². The number of rotatable bonds is 2. The molecule has 0 saturated heterocycles. The summed E-state index contributed by atoms with van der Waals surface area (Å²) in [5.41, 5.74) is 3.11. The highest BCUT2D eigenvalue weighted by molar-refractivity contribution is 5.36. The lowest BCUT2D eigenvalue weighted by Crippen LogP contribution is -2.40. The van der Waals surface area contributed by atoms with E-state index in [0.29, 0.717) is 5.92 Å². The first kappa shape index (κ1) is 10.7. The monoisotopic (exact) mass is 204 g/mol. The van der Waals surface area contributed by atoms with Crippen molar-refractivity contribution >= 4 is 0 Å². The van der Waals surface area contributed by atoms with Crippen molar-refractivity contribution in [3.8, 4) is 0 Å². The first-order valence-electron chi connectivity index (χ1n) is 5.87. The summed E-state index contributed by atoms with van der Waals surface area (Å²) in [5, 5.41) is 0. The van der Waals surface area contributed by atoms with E-state index in [2.05, 4.69) is 45.0 Å². The molecule has 15 heavy (non-hydrogen) atoms. The van der Waals surface area contributed by atoms with Crippen molar-refractivity contribution in [2.24, 2.45) is 5.92 Å². The first-order chi connectivity index (χ1) is 7.20. The van der Waals surface area contributed by atoms with E-state index in [1.165, 1.54) is 11.1 Å². The second-order valence-corrected chi connectivity index (χ2v) is 4.81. The van der Waals surface area contributed by atoms with E-state index >= 15 is 0 Å². The lowest BCUT2D eigenvalue weighted by Gasteiger charge is -2.41. The first-order valence-corrected chi connectivity index (χ1v) is 5.87. The van der Waals surface area contributed by atoms with Crippen LogP contribution in [-0.4, -0.2) is 6.61 Å². The molecule has 0 bridgehead atoms. The van der Waals surface area contributed by atoms with Crippen LogP contribution in [0.4, 0.5) is 0 Å². The fourth-order valence-corrected chi connectivity index (χ4v) is 2.73. The Hall–Kier alpha value is -0.820. The maximum absolute atomic E-state index is 5.76. The number of hydrogen-bond donors (Lipinski definition) is 0. The summed E-state index contributed by atoms with van der Waals surface area (Å²) in [5.74, 6) is 0.629. The molecule has 1 unspecified atom stereocenters. The molecule has 0 radical (unpaired) electrons. The molecule has 0 saturated carbocycles. The maximum Gasteiger partial charge on any atom is 0.0720 e. The largest absolute Gasteiger partial charge is 0.376 e. The van der Waals surface area contributed by atoms with Crippen LogP contribution in [0.25, 0.3) is 0 Å². The Morgan fingerprint density at radius 1 is 1.33 bits per heavy atom. The molecule has 0 aromatic heterocycles. The van der Waals surface area contributed by atoms with Crippen LogP contribution in [0, 0.1) is 5.92 Å². The number of fused-ring (bicyclic) bond motifs is 1. The third kappa shape index (κ3) is 1.59. The molecule has 1 aromatic rings. The van der Waals surface area contributed by atoms with E-state index in [4.69, 9.17) is 4.74 Å². The number of hydrogen-bond acceptors (Lipinski definition) is 1. The molecular formula is C14H20O. The van der Waals surface area contributed by atoms with E-state index in [0.717, 1.165) is 19.6 Å². The molecule has 1 nitrogen and oxygen atoms in total. The summed E-state index contributed by atoms with van der Waals surface area (Å²) >= 11 is 0. The molecule has 1 aromatic carbocycles. The van der Waals surface area contributed by atoms with Crippen LogP contribution >= 0.6 is 0 Å². The standard InChI is InChI=1S/C14H20O/c1-4-14(11(2)3)10-15-9-12-7-5-6-8-13(12)14/h5-8,11H,4,9-10H2,1-3H3. The van der Waals surface area contributed by atoms with Gasteiger partial charge in [0.2, 0.25) is 0 Å². The van der Waals surface area contributed by atoms with Gasteiger partial charge in [0.25, 0.3) is 0 Å². The van der Waals surface area contributed by atoms with Crippen LogP contribution in [0.15, 0.2) is 24.3 Å². The third-order valence-electron chi connectivity index (χ3n) is 3.91. The zero-order chi connectivity index (χ0) is 10.9. The van der Waals surface area contributed by atoms with Gasteiger partial charge >= 0.3 is 0 Å². The SMILES string of the molecule is CCC1(C(C)C)COCc2ccccc21. The minimum absolute atomic E-state index is 0.231. The maximum atomic E-state index is 5.76. The molecule has 2 rings (SSSR count). The zero-order valence-electron chi connectivity index (χ0n) is 9.92. The third-order valence-corrected chi connectivity index (χ3v) is 3.91. The van der Waals surface area contributed by atoms with E-state index in [-0.39, 0.29) is 5.41 Å². The Kier molecular flexibility index (Phi) is 2.83. The lowest BCUT2D eigenvalue weighted by molar-refractivity contribution is 0.0288. The molecule has 1 heterocycles. The fourth-order valence-electron chi connectivity index (χ4n) is 2.73. The lowest BCUT2D eigenvalue weighted by atomic mass is 9.68. The molecule has 0 fully saturated rings. The van der Waals surface area contributed by atoms with Gasteiger partial charge in [0, 0.05) is 5.41 Å². The second-order valence-electron chi connectivity index (χ2n) is 4.81. The summed E-state index contributed by atoms with van der Waals surface area (Å²) in [7, 11) is 0. The van der Waals surface area contributed by atoms with Crippen LogP contribution < -0.4 is 0 Å². The topological polar surface area (TPSA) is 9.23 Å². The van der Waals surface area contributed by atoms with Gasteiger partial charge < -0.3 is 4.74 Å². The highest BCUT2D eigenvalue weighted by atomic mass is 16.5. The Bertz CT molecular complexity index is 343. The van der Waals surface area contributed by atoms with Crippen molar-refractivity contribution < 1.29 is 4.74 Å². The fraction of sp³-hybridized carbons (Fsp3) is 0.571. The van der Waals surface area contributed by atoms with Crippen LogP contribution in [0.2, 0.25) is 0 Å². The van der Waals surface area contributed by atoms with Gasteiger partial charge in [-0.05, 0) is 23.5 Å². The smallest absolute Gasteiger partial charge is 0.0720 e. The van der Waals surface area contributed by atoms with Crippen LogP contribution in [-0.2, 0) is 16.8 Å². The molecule has 0 N–H and O–H groups in total. The molecule has 1 aliphatic heterocycles. The van der Waals surface area contributed by atoms with Gasteiger partial charge in [-0.2, -0.15) is 0 Å². The van der Waals surface area contributed by atoms with Crippen LogP contribution in [0.3, 0.4) is 0 Å². The summed E-state index contributed by atoms with van der Waals surface area (Å²) in [6.45, 7) is 8.53. The van der Waals surface area contributed by atoms with E-state index in [1.54, 1.807) is 0 Å². The van der Waals surface area contributed by atoms with Crippen LogP contribution in [0.5, 0.6) is 0 Å². The van der Waals surface area contributed by atoms with Gasteiger partial charge in [0.15, 0.2) is 0 Å². The Labute approximate surface area is 92.5 Å². The van der Waals surface area contributed by atoms with Crippen LogP contribution in [0.1, 0.15) is 38.3 Å². The average molecular weight is 204 g/mol. The number of benzene rings is 1. The summed E-state index contributed by atoms with van der Waals surface area (Å²) in [4.78, 5) is 0. The summed E-state index contributed by atoms with van der Waals surface area (Å²) < 4.78 is 5.76. The van der Waals surface area contributed by atoms with E-state index in [1.807, 2.05) is 0 Å². The van der Waals surface area contributed by atoms with Gasteiger partial charge in [-0.25, -0.2) is 0 Å². The molecule has 0 spiro atoms. The minimum atomic E-state index is 0.231. The predicted molar refractivity (Wildman–Crippen MR) is 62.9 cm³/mol. The molecular weight excluding hydrogens is 184 g/mol. The quantitative estimate of drug-likeness (QED) is 0.716. The zero-order valence-corrected chi connectivity index (χ0v) is 9.92. The number of ether oxygens (including phenoxy) is 1. The van der Waals surface area contributed by atoms with Gasteiger partial charge in [-0.3, -0.25) is 0 Å². The van der Waals surface area contributed by atoms with Crippen molar-refractivity contribution in [2.75, 3.05) is 6.61 Å². The molecule has 82 valence electrons. The van der Waals surface area contributed by atoms with Crippen molar-refractivity contribution in [1.82, 2.24) is 0 Å². The van der Waals surface area contributed by atoms with E-state index < -0.39 is 0 Å². The van der Waals surface area contributed by atoms with Crippen molar-refractivity contribution in [3.63, 3.8) is 0 Å². The summed E-state index contributed by atoms with van der Waals surface area (Å²) in [6.07, 6.45) is 1.15. The average Bonchev–Trinajstić information content (AvgIpc) is 2.28. The second kappa shape index (κ2) is 3.97. The Balaban J connectivity index is 2.52. The van der Waals surface area contributed by atoms with Crippen molar-refractivity contribution in [1.29, 1.82) is 0 Å². The minimum Gasteiger partial charge on any atom is -0.376 e. The molecule has 1 aliphatic rings. The highest BCUT2D eigenvalue weighted by Gasteiger charge is 2.38. The summed E-state index contributed by atoms with van der Waals surface area (Å²) in [6, 6.07) is 8.73. The molecule has 1 heteroatoms. The van der Waals surface area contributed by atoms with Crippen molar-refractivity contribution in [3.05, 3.63) is 35.4 Å². The molecule has 0 aliphatic carbocycles. The van der Waals surface area contributed by atoms with E-state index in [9.17, 15) is 0 Å². The Morgan fingerprint density at radius 3 is 2.73 bits per heavy atom. The highest BCUT2D eigenvalue weighted by Crippen LogP contribution is 2.40. The van der Waals surface area contributed by atoms with Gasteiger partial charge in [0.05, 0.1) is 13.2 Å². The molecule has 1 atom stereocenters. The van der Waals surface area contributed by atoms with Gasteiger partial charge in [-0.15, -0.1) is 0 Å². The normalized spacial score (nSPS) is 25.3. The Morgan fingerprint density at radius 2 is 2.07 bits per heavy atom. The van der Waals surface area contributed by atoms with Gasteiger partial charge in [0.1, 0.15) is 0 Å². The van der Waals surface area contributed by atoms with Crippen molar-refractivity contribution in [2.45, 2.75) is 39.2 Å².